The quantitative estimate of drug-likeness (QED) is 0.399. The van der Waals surface area contributed by atoms with E-state index in [1.54, 1.807) is 12.1 Å². The van der Waals surface area contributed by atoms with E-state index in [2.05, 4.69) is 5.32 Å². The summed E-state index contributed by atoms with van der Waals surface area (Å²) in [7, 11) is -1.49. The summed E-state index contributed by atoms with van der Waals surface area (Å²) in [6.45, 7) is 1.44. The lowest BCUT2D eigenvalue weighted by molar-refractivity contribution is -0.123. The number of rotatable bonds is 8. The highest BCUT2D eigenvalue weighted by Crippen LogP contribution is 2.27. The number of sulfonamides is 1. The summed E-state index contributed by atoms with van der Waals surface area (Å²) >= 11 is 0. The van der Waals surface area contributed by atoms with Crippen LogP contribution in [0.3, 0.4) is 0 Å². The molecule has 3 rings (SSSR count). The van der Waals surface area contributed by atoms with Crippen LogP contribution in [0, 0.1) is 0 Å². The smallest absolute Gasteiger partial charge is 0.338 e. The van der Waals surface area contributed by atoms with Crippen molar-refractivity contribution in [3.8, 4) is 11.1 Å². The third kappa shape index (κ3) is 5.64. The average molecular weight is 469 g/mol. The zero-order valence-corrected chi connectivity index (χ0v) is 19.2. The van der Waals surface area contributed by atoms with Gasteiger partial charge in [0.2, 0.25) is 0 Å². The Morgan fingerprint density at radius 3 is 2.30 bits per heavy atom. The standard InChI is InChI=1S/C24H24N2O6S/c1-17(23(27)25-22-15-8-7-14-21(22)18-10-5-4-6-11-18)32-24(28)19-12-9-13-20(16-19)33(29,30)26(2)31-3/h4-17H,1-3H3,(H,25,27). The maximum absolute atomic E-state index is 12.7. The van der Waals surface area contributed by atoms with Crippen molar-refractivity contribution in [2.24, 2.45) is 0 Å². The van der Waals surface area contributed by atoms with Crippen molar-refractivity contribution in [1.82, 2.24) is 4.47 Å². The Morgan fingerprint density at radius 2 is 1.61 bits per heavy atom. The van der Waals surface area contributed by atoms with Gasteiger partial charge in [-0.15, -0.1) is 0 Å². The lowest BCUT2D eigenvalue weighted by atomic mass is 10.0. The molecule has 0 fully saturated rings. The molecule has 0 saturated carbocycles. The number of carbonyl (C=O) groups is 2. The minimum Gasteiger partial charge on any atom is -0.449 e. The van der Waals surface area contributed by atoms with E-state index >= 15 is 0 Å². The van der Waals surface area contributed by atoms with E-state index in [9.17, 15) is 18.0 Å². The fourth-order valence-electron chi connectivity index (χ4n) is 3.01. The fourth-order valence-corrected chi connectivity index (χ4v) is 4.03. The zero-order valence-electron chi connectivity index (χ0n) is 18.4. The van der Waals surface area contributed by atoms with Gasteiger partial charge in [0, 0.05) is 18.3 Å². The van der Waals surface area contributed by atoms with Crippen LogP contribution in [0.4, 0.5) is 5.69 Å². The highest BCUT2D eigenvalue weighted by atomic mass is 32.2. The first-order valence-electron chi connectivity index (χ1n) is 10.0. The molecule has 0 aromatic heterocycles. The van der Waals surface area contributed by atoms with E-state index in [1.807, 2.05) is 42.5 Å². The van der Waals surface area contributed by atoms with Gasteiger partial charge in [0.25, 0.3) is 15.9 Å². The van der Waals surface area contributed by atoms with Crippen LogP contribution >= 0.6 is 0 Å². The van der Waals surface area contributed by atoms with Gasteiger partial charge in [-0.25, -0.2) is 13.2 Å². The zero-order chi connectivity index (χ0) is 24.0. The number of ether oxygens (including phenoxy) is 1. The number of benzene rings is 3. The number of carbonyl (C=O) groups excluding carboxylic acids is 2. The van der Waals surface area contributed by atoms with Gasteiger partial charge in [0.15, 0.2) is 6.10 Å². The van der Waals surface area contributed by atoms with Crippen molar-refractivity contribution < 1.29 is 27.6 Å². The molecule has 0 aliphatic heterocycles. The second-order valence-corrected chi connectivity index (χ2v) is 9.01. The number of para-hydroxylation sites is 1. The molecule has 1 unspecified atom stereocenters. The van der Waals surface area contributed by atoms with Crippen molar-refractivity contribution >= 4 is 27.6 Å². The van der Waals surface area contributed by atoms with Gasteiger partial charge in [-0.3, -0.25) is 9.63 Å². The van der Waals surface area contributed by atoms with Gasteiger partial charge in [0.05, 0.1) is 17.6 Å². The average Bonchev–Trinajstić information content (AvgIpc) is 2.84. The van der Waals surface area contributed by atoms with Gasteiger partial charge >= 0.3 is 5.97 Å². The van der Waals surface area contributed by atoms with Crippen molar-refractivity contribution in [3.63, 3.8) is 0 Å². The monoisotopic (exact) mass is 468 g/mol. The summed E-state index contributed by atoms with van der Waals surface area (Å²) in [5.41, 5.74) is 2.32. The first kappa shape index (κ1) is 24.1. The van der Waals surface area contributed by atoms with E-state index in [4.69, 9.17) is 9.57 Å². The predicted octanol–water partition coefficient (Wildman–Crippen LogP) is 3.72. The lowest BCUT2D eigenvalue weighted by Gasteiger charge is -2.17. The van der Waals surface area contributed by atoms with Crippen LogP contribution in [0.1, 0.15) is 17.3 Å². The van der Waals surface area contributed by atoms with E-state index in [0.717, 1.165) is 11.1 Å². The molecule has 1 amide bonds. The van der Waals surface area contributed by atoms with Crippen LogP contribution in [0.2, 0.25) is 0 Å². The first-order valence-corrected chi connectivity index (χ1v) is 11.5. The first-order chi connectivity index (χ1) is 15.7. The summed E-state index contributed by atoms with van der Waals surface area (Å²) in [4.78, 5) is 29.9. The summed E-state index contributed by atoms with van der Waals surface area (Å²) in [5, 5.41) is 2.79. The van der Waals surface area contributed by atoms with Gasteiger partial charge in [-0.2, -0.15) is 0 Å². The molecule has 0 spiro atoms. The fraction of sp³-hybridized carbons (Fsp3) is 0.167. The summed E-state index contributed by atoms with van der Waals surface area (Å²) in [6.07, 6.45) is -1.12. The molecule has 1 atom stereocenters. The van der Waals surface area contributed by atoms with Crippen molar-refractivity contribution in [3.05, 3.63) is 84.4 Å². The minimum absolute atomic E-state index is 0.00934. The summed E-state index contributed by atoms with van der Waals surface area (Å²) in [6, 6.07) is 22.2. The number of nitrogens with one attached hydrogen (secondary N) is 1. The maximum Gasteiger partial charge on any atom is 0.338 e. The third-order valence-electron chi connectivity index (χ3n) is 4.89. The van der Waals surface area contributed by atoms with E-state index in [0.29, 0.717) is 10.2 Å². The number of nitrogens with zero attached hydrogens (tertiary/aromatic N) is 1. The highest BCUT2D eigenvalue weighted by Gasteiger charge is 2.24. The van der Waals surface area contributed by atoms with Crippen LogP contribution in [-0.2, 0) is 24.4 Å². The van der Waals surface area contributed by atoms with Crippen LogP contribution in [-0.4, -0.2) is 45.0 Å². The van der Waals surface area contributed by atoms with Crippen LogP contribution in [0.15, 0.2) is 83.8 Å². The molecule has 1 N–H and O–H groups in total. The highest BCUT2D eigenvalue weighted by molar-refractivity contribution is 7.89. The van der Waals surface area contributed by atoms with E-state index < -0.39 is 28.0 Å². The number of amides is 1. The van der Waals surface area contributed by atoms with Crippen molar-refractivity contribution in [2.45, 2.75) is 17.9 Å². The molecule has 0 radical (unpaired) electrons. The number of hydrogen-bond acceptors (Lipinski definition) is 6. The van der Waals surface area contributed by atoms with Gasteiger partial charge in [-0.05, 0) is 36.8 Å². The Hall–Kier alpha value is -3.53. The minimum atomic E-state index is -3.94. The molecule has 0 bridgehead atoms. The Kier molecular flexibility index (Phi) is 7.59. The molecule has 0 saturated heterocycles. The van der Waals surface area contributed by atoms with Gasteiger partial charge < -0.3 is 10.1 Å². The topological polar surface area (TPSA) is 102 Å². The molecule has 0 aliphatic carbocycles. The van der Waals surface area contributed by atoms with Crippen LogP contribution in [0.5, 0.6) is 0 Å². The van der Waals surface area contributed by atoms with Crippen molar-refractivity contribution in [2.75, 3.05) is 19.5 Å². The third-order valence-corrected chi connectivity index (χ3v) is 6.56. The van der Waals surface area contributed by atoms with Gasteiger partial charge in [-0.1, -0.05) is 59.1 Å². The van der Waals surface area contributed by atoms with Crippen LogP contribution < -0.4 is 5.32 Å². The molecule has 0 heterocycles. The molecule has 0 aliphatic rings. The number of anilines is 1. The number of hydroxylamine groups is 1. The molecule has 172 valence electrons. The molecule has 9 heteroatoms. The Balaban J connectivity index is 1.73. The van der Waals surface area contributed by atoms with E-state index in [1.165, 1.54) is 45.3 Å². The second kappa shape index (κ2) is 10.4. The Bertz CT molecular complexity index is 1240. The molecule has 3 aromatic rings. The lowest BCUT2D eigenvalue weighted by Crippen LogP contribution is -2.30. The van der Waals surface area contributed by atoms with Crippen LogP contribution in [0.25, 0.3) is 11.1 Å². The van der Waals surface area contributed by atoms with E-state index in [-0.39, 0.29) is 10.5 Å². The molecular weight excluding hydrogens is 444 g/mol. The molecule has 33 heavy (non-hydrogen) atoms. The Labute approximate surface area is 192 Å². The molecule has 3 aromatic carbocycles. The maximum atomic E-state index is 12.7. The van der Waals surface area contributed by atoms with Gasteiger partial charge in [0.1, 0.15) is 0 Å². The second-order valence-electron chi connectivity index (χ2n) is 7.07. The molecular formula is C24H24N2O6S. The number of esters is 1. The summed E-state index contributed by atoms with van der Waals surface area (Å²) < 4.78 is 30.8. The predicted molar refractivity (Wildman–Crippen MR) is 124 cm³/mol. The largest absolute Gasteiger partial charge is 0.449 e. The van der Waals surface area contributed by atoms with Crippen molar-refractivity contribution in [1.29, 1.82) is 0 Å². The molecule has 8 nitrogen and oxygen atoms in total. The SMILES string of the molecule is CON(C)S(=O)(=O)c1cccc(C(=O)OC(C)C(=O)Nc2ccccc2-c2ccccc2)c1. The summed E-state index contributed by atoms with van der Waals surface area (Å²) in [5.74, 6) is -1.35. The number of hydrogen-bond donors (Lipinski definition) is 1. The normalized spacial score (nSPS) is 12.2. The Morgan fingerprint density at radius 1 is 0.939 bits per heavy atom.